The number of rotatable bonds is 38. The third kappa shape index (κ3) is 33.1. The summed E-state index contributed by atoms with van der Waals surface area (Å²) in [6.45, 7) is 4.28. The van der Waals surface area contributed by atoms with Crippen molar-refractivity contribution in [2.75, 3.05) is 26.4 Å². The Bertz CT molecular complexity index is 1290. The number of esters is 1. The molecular formula is C52H84O9. The van der Waals surface area contributed by atoms with Crippen molar-refractivity contribution >= 4 is 5.97 Å². The van der Waals surface area contributed by atoms with Crippen molar-refractivity contribution in [1.82, 2.24) is 0 Å². The van der Waals surface area contributed by atoms with Crippen molar-refractivity contribution in [1.29, 1.82) is 0 Å². The second kappa shape index (κ2) is 42.2. The molecule has 6 atom stereocenters. The summed E-state index contributed by atoms with van der Waals surface area (Å²) < 4.78 is 22.7. The van der Waals surface area contributed by atoms with Gasteiger partial charge in [-0.2, -0.15) is 0 Å². The number of carbonyl (C=O) groups excluding carboxylic acids is 1. The van der Waals surface area contributed by atoms with Gasteiger partial charge in [-0.1, -0.05) is 162 Å². The van der Waals surface area contributed by atoms with E-state index < -0.39 is 43.4 Å². The fourth-order valence-electron chi connectivity index (χ4n) is 6.26. The molecule has 1 saturated heterocycles. The molecule has 1 heterocycles. The highest BCUT2D eigenvalue weighted by Gasteiger charge is 2.44. The fraction of sp³-hybridized carbons (Fsp3) is 0.635. The number of aliphatic hydroxyl groups is 4. The van der Waals surface area contributed by atoms with E-state index in [4.69, 9.17) is 18.9 Å². The molecule has 9 heteroatoms. The van der Waals surface area contributed by atoms with Crippen molar-refractivity contribution in [3.63, 3.8) is 0 Å². The highest BCUT2D eigenvalue weighted by molar-refractivity contribution is 5.69. The number of carbonyl (C=O) groups is 1. The first-order chi connectivity index (χ1) is 29.9. The van der Waals surface area contributed by atoms with Crippen molar-refractivity contribution in [2.45, 2.75) is 185 Å². The van der Waals surface area contributed by atoms with Crippen molar-refractivity contribution in [3.8, 4) is 0 Å². The average molecular weight is 853 g/mol. The van der Waals surface area contributed by atoms with Crippen LogP contribution in [0.1, 0.15) is 149 Å². The van der Waals surface area contributed by atoms with Gasteiger partial charge < -0.3 is 39.4 Å². The summed E-state index contributed by atoms with van der Waals surface area (Å²) in [5, 5.41) is 40.1. The van der Waals surface area contributed by atoms with E-state index in [0.29, 0.717) is 13.0 Å². The molecule has 61 heavy (non-hydrogen) atoms. The number of allylic oxidation sites excluding steroid dienone is 18. The first-order valence-corrected chi connectivity index (χ1v) is 23.5. The van der Waals surface area contributed by atoms with Crippen LogP contribution in [-0.2, 0) is 23.7 Å². The predicted octanol–water partition coefficient (Wildman–Crippen LogP) is 11.0. The number of unbranched alkanes of at least 4 members (excludes halogenated alkanes) is 9. The smallest absolute Gasteiger partial charge is 0.306 e. The van der Waals surface area contributed by atoms with E-state index in [9.17, 15) is 25.2 Å². The molecule has 0 amide bonds. The molecule has 1 rings (SSSR count). The minimum absolute atomic E-state index is 0.106. The Hall–Kier alpha value is -3.15. The first-order valence-electron chi connectivity index (χ1n) is 23.5. The lowest BCUT2D eigenvalue weighted by atomic mass is 9.99. The van der Waals surface area contributed by atoms with E-state index in [1.165, 1.54) is 38.5 Å². The molecule has 9 nitrogen and oxygen atoms in total. The van der Waals surface area contributed by atoms with E-state index in [1.54, 1.807) is 0 Å². The van der Waals surface area contributed by atoms with E-state index in [0.717, 1.165) is 83.5 Å². The molecule has 6 unspecified atom stereocenters. The first kappa shape index (κ1) is 55.9. The Morgan fingerprint density at radius 2 is 1.00 bits per heavy atom. The minimum Gasteiger partial charge on any atom is -0.457 e. The Kier molecular flexibility index (Phi) is 38.6. The van der Waals surface area contributed by atoms with Crippen LogP contribution >= 0.6 is 0 Å². The molecule has 1 fully saturated rings. The summed E-state index contributed by atoms with van der Waals surface area (Å²) in [4.78, 5) is 12.8. The van der Waals surface area contributed by atoms with Crippen LogP contribution < -0.4 is 0 Å². The summed E-state index contributed by atoms with van der Waals surface area (Å²) >= 11 is 0. The zero-order valence-electron chi connectivity index (χ0n) is 37.9. The van der Waals surface area contributed by atoms with Crippen LogP contribution in [0.4, 0.5) is 0 Å². The highest BCUT2D eigenvalue weighted by Crippen LogP contribution is 2.22. The second-order valence-corrected chi connectivity index (χ2v) is 15.5. The average Bonchev–Trinajstić information content (AvgIpc) is 3.26. The molecule has 346 valence electrons. The van der Waals surface area contributed by atoms with Crippen LogP contribution in [-0.4, -0.2) is 89.6 Å². The Morgan fingerprint density at radius 3 is 1.51 bits per heavy atom. The maximum Gasteiger partial charge on any atom is 0.306 e. The van der Waals surface area contributed by atoms with Crippen LogP contribution in [0.3, 0.4) is 0 Å². The van der Waals surface area contributed by atoms with Crippen LogP contribution in [0.15, 0.2) is 109 Å². The van der Waals surface area contributed by atoms with Gasteiger partial charge in [-0.05, 0) is 89.9 Å². The number of hydrogen-bond donors (Lipinski definition) is 4. The molecule has 4 N–H and O–H groups in total. The maximum atomic E-state index is 12.8. The number of hydrogen-bond acceptors (Lipinski definition) is 9. The van der Waals surface area contributed by atoms with Crippen LogP contribution in [0.2, 0.25) is 0 Å². The molecule has 1 aliphatic rings. The largest absolute Gasteiger partial charge is 0.457 e. The van der Waals surface area contributed by atoms with Gasteiger partial charge in [-0.25, -0.2) is 0 Å². The van der Waals surface area contributed by atoms with Gasteiger partial charge in [0.2, 0.25) is 0 Å². The lowest BCUT2D eigenvalue weighted by Crippen LogP contribution is -2.59. The summed E-state index contributed by atoms with van der Waals surface area (Å²) in [5.41, 5.74) is 0. The molecule has 0 radical (unpaired) electrons. The predicted molar refractivity (Wildman–Crippen MR) is 251 cm³/mol. The van der Waals surface area contributed by atoms with Gasteiger partial charge in [0, 0.05) is 13.0 Å². The van der Waals surface area contributed by atoms with E-state index in [1.807, 2.05) is 0 Å². The van der Waals surface area contributed by atoms with Crippen LogP contribution in [0.5, 0.6) is 0 Å². The molecule has 0 bridgehead atoms. The Balaban J connectivity index is 2.32. The van der Waals surface area contributed by atoms with Gasteiger partial charge in [0.1, 0.15) is 30.5 Å². The fourth-order valence-corrected chi connectivity index (χ4v) is 6.26. The van der Waals surface area contributed by atoms with Gasteiger partial charge in [-0.3, -0.25) is 4.79 Å². The molecule has 0 spiro atoms. The summed E-state index contributed by atoms with van der Waals surface area (Å²) in [7, 11) is 0. The normalized spacial score (nSPS) is 20.9. The molecule has 0 aromatic carbocycles. The summed E-state index contributed by atoms with van der Waals surface area (Å²) in [6, 6.07) is 0. The van der Waals surface area contributed by atoms with E-state index in [-0.39, 0.29) is 25.6 Å². The van der Waals surface area contributed by atoms with Gasteiger partial charge >= 0.3 is 5.97 Å². The molecular weight excluding hydrogens is 769 g/mol. The second-order valence-electron chi connectivity index (χ2n) is 15.5. The highest BCUT2D eigenvalue weighted by atomic mass is 16.7. The SMILES string of the molecule is CC/C=C\C/C=C\C/C=C\C/C=C\C/C=C\C/C=C\C/C=C\CCCC(=O)OC(COCCCCCCCC/C=C\C/C=C\CCCC)COC1OC(CO)C(O)C(O)C1O. The zero-order chi connectivity index (χ0) is 44.3. The van der Waals surface area contributed by atoms with Crippen molar-refractivity contribution < 1.29 is 44.2 Å². The third-order valence-electron chi connectivity index (χ3n) is 9.92. The van der Waals surface area contributed by atoms with Crippen LogP contribution in [0, 0.1) is 0 Å². The van der Waals surface area contributed by atoms with Gasteiger partial charge in [0.05, 0.1) is 19.8 Å². The summed E-state index contributed by atoms with van der Waals surface area (Å²) in [6.07, 6.45) is 52.6. The Morgan fingerprint density at radius 1 is 0.541 bits per heavy atom. The van der Waals surface area contributed by atoms with E-state index in [2.05, 4.69) is 123 Å². The lowest BCUT2D eigenvalue weighted by molar-refractivity contribution is -0.305. The lowest BCUT2D eigenvalue weighted by Gasteiger charge is -2.39. The standard InChI is InChI=1S/C52H84O9/c1-3-5-7-9-11-13-15-17-19-20-21-22-23-24-25-26-27-29-31-33-35-37-39-41-48(54)60-46(45-59-52-51(57)50(56)49(55)47(43-53)61-52)44-58-42-40-38-36-34-32-30-28-18-16-14-12-10-8-6-4-2/h5,7,10-13,16-19,21-22,24-25,27,29,33,35,46-47,49-53,55-57H,3-4,6,8-9,14-15,20,23,26,28,30-32,34,36-45H2,1-2H3/b7-5-,12-10-,13-11-,18-16-,19-17-,22-21-,25-24-,29-27-,35-33-. The maximum absolute atomic E-state index is 12.8. The molecule has 0 aromatic rings. The van der Waals surface area contributed by atoms with Gasteiger partial charge in [0.25, 0.3) is 0 Å². The quantitative estimate of drug-likeness (QED) is 0.0272. The van der Waals surface area contributed by atoms with E-state index >= 15 is 0 Å². The minimum atomic E-state index is -1.56. The molecule has 1 aliphatic heterocycles. The molecule has 0 aliphatic carbocycles. The topological polar surface area (TPSA) is 135 Å². The molecule has 0 aromatic heterocycles. The number of ether oxygens (including phenoxy) is 4. The van der Waals surface area contributed by atoms with Gasteiger partial charge in [0.15, 0.2) is 6.29 Å². The van der Waals surface area contributed by atoms with Crippen molar-refractivity contribution in [2.24, 2.45) is 0 Å². The van der Waals surface area contributed by atoms with Crippen molar-refractivity contribution in [3.05, 3.63) is 109 Å². The summed E-state index contributed by atoms with van der Waals surface area (Å²) in [5.74, 6) is -0.380. The zero-order valence-corrected chi connectivity index (χ0v) is 37.9. The van der Waals surface area contributed by atoms with Gasteiger partial charge in [-0.15, -0.1) is 0 Å². The monoisotopic (exact) mass is 853 g/mol. The third-order valence-corrected chi connectivity index (χ3v) is 9.92. The van der Waals surface area contributed by atoms with Crippen LogP contribution in [0.25, 0.3) is 0 Å². The molecule has 0 saturated carbocycles. The Labute approximate surface area is 370 Å². The number of aliphatic hydroxyl groups excluding tert-OH is 4.